The van der Waals surface area contributed by atoms with Crippen LogP contribution >= 0.6 is 11.8 Å². The Labute approximate surface area is 84.8 Å². The van der Waals surface area contributed by atoms with Crippen LogP contribution in [0.3, 0.4) is 0 Å². The zero-order chi connectivity index (χ0) is 10.3. The molecule has 0 aliphatic carbocycles. The number of amides is 1. The number of nitrogens with two attached hydrogens (primary N) is 1. The van der Waals surface area contributed by atoms with E-state index in [4.69, 9.17) is 5.73 Å². The zero-order valence-electron chi connectivity index (χ0n) is 8.67. The first kappa shape index (κ1) is 12.8. The molecule has 0 aliphatic heterocycles. The van der Waals surface area contributed by atoms with Gasteiger partial charge in [0, 0.05) is 6.04 Å². The molecule has 78 valence electrons. The summed E-state index contributed by atoms with van der Waals surface area (Å²) in [6, 6.07) is -0.116. The second-order valence-corrected chi connectivity index (χ2v) is 4.19. The minimum absolute atomic E-state index is 0.0246. The Hall–Kier alpha value is -0.220. The van der Waals surface area contributed by atoms with Gasteiger partial charge in [-0.05, 0) is 31.8 Å². The van der Waals surface area contributed by atoms with Gasteiger partial charge in [0.15, 0.2) is 0 Å². The molecule has 0 aromatic heterocycles. The summed E-state index contributed by atoms with van der Waals surface area (Å²) in [6.07, 6.45) is 3.71. The van der Waals surface area contributed by atoms with Gasteiger partial charge in [0.2, 0.25) is 5.91 Å². The molecule has 0 bridgehead atoms. The van der Waals surface area contributed by atoms with Gasteiger partial charge in [-0.15, -0.1) is 0 Å². The molecular formula is C9H20N2OS. The Morgan fingerprint density at radius 3 is 2.69 bits per heavy atom. The first-order valence-corrected chi connectivity index (χ1v) is 6.06. The predicted octanol–water partition coefficient (Wildman–Crippen LogP) is 0.982. The molecule has 2 atom stereocenters. The summed E-state index contributed by atoms with van der Waals surface area (Å²) in [5, 5.41) is 2.87. The van der Waals surface area contributed by atoms with Gasteiger partial charge in [0.1, 0.15) is 0 Å². The van der Waals surface area contributed by atoms with Gasteiger partial charge in [0.05, 0.1) is 6.04 Å². The van der Waals surface area contributed by atoms with Crippen LogP contribution in [0.2, 0.25) is 0 Å². The summed E-state index contributed by atoms with van der Waals surface area (Å²) in [7, 11) is 0. The maximum atomic E-state index is 11.4. The van der Waals surface area contributed by atoms with E-state index in [1.165, 1.54) is 0 Å². The average molecular weight is 204 g/mol. The molecule has 0 saturated heterocycles. The maximum absolute atomic E-state index is 11.4. The lowest BCUT2D eigenvalue weighted by molar-refractivity contribution is -0.123. The second-order valence-electron chi connectivity index (χ2n) is 3.21. The lowest BCUT2D eigenvalue weighted by Crippen LogP contribution is -2.44. The van der Waals surface area contributed by atoms with Crippen molar-refractivity contribution in [3.8, 4) is 0 Å². The highest BCUT2D eigenvalue weighted by atomic mass is 32.2. The molecule has 0 saturated carbocycles. The van der Waals surface area contributed by atoms with E-state index in [1.54, 1.807) is 11.8 Å². The van der Waals surface area contributed by atoms with Crippen LogP contribution in [-0.4, -0.2) is 30.0 Å². The second kappa shape index (κ2) is 7.21. The molecule has 1 amide bonds. The summed E-state index contributed by atoms with van der Waals surface area (Å²) in [4.78, 5) is 11.4. The number of rotatable bonds is 6. The standard InChI is InChI=1S/C9H20N2OS/c1-4-7(2)11-9(12)8(10)5-6-13-3/h7-8H,4-6,10H2,1-3H3,(H,11,12)/t7?,8-/m0/s1. The highest BCUT2D eigenvalue weighted by Crippen LogP contribution is 1.99. The van der Waals surface area contributed by atoms with Crippen molar-refractivity contribution >= 4 is 17.7 Å². The van der Waals surface area contributed by atoms with E-state index >= 15 is 0 Å². The van der Waals surface area contributed by atoms with Gasteiger partial charge >= 0.3 is 0 Å². The van der Waals surface area contributed by atoms with Gasteiger partial charge in [-0.25, -0.2) is 0 Å². The van der Waals surface area contributed by atoms with Crippen molar-refractivity contribution in [3.05, 3.63) is 0 Å². The van der Waals surface area contributed by atoms with Crippen LogP contribution in [0.5, 0.6) is 0 Å². The number of hydrogen-bond acceptors (Lipinski definition) is 3. The van der Waals surface area contributed by atoms with Crippen molar-refractivity contribution in [3.63, 3.8) is 0 Å². The highest BCUT2D eigenvalue weighted by molar-refractivity contribution is 7.98. The van der Waals surface area contributed by atoms with Crippen LogP contribution in [0, 0.1) is 0 Å². The number of carbonyl (C=O) groups is 1. The summed E-state index contributed by atoms with van der Waals surface area (Å²) in [6.45, 7) is 4.03. The number of nitrogens with one attached hydrogen (secondary N) is 1. The molecule has 0 spiro atoms. The van der Waals surface area contributed by atoms with Crippen LogP contribution in [0.25, 0.3) is 0 Å². The van der Waals surface area contributed by atoms with E-state index in [0.717, 1.165) is 18.6 Å². The van der Waals surface area contributed by atoms with E-state index < -0.39 is 0 Å². The van der Waals surface area contributed by atoms with E-state index in [9.17, 15) is 4.79 Å². The molecule has 0 aliphatic rings. The fraction of sp³-hybridized carbons (Fsp3) is 0.889. The largest absolute Gasteiger partial charge is 0.352 e. The number of carbonyl (C=O) groups excluding carboxylic acids is 1. The summed E-state index contributed by atoms with van der Waals surface area (Å²) >= 11 is 1.71. The van der Waals surface area contributed by atoms with Crippen molar-refractivity contribution in [2.75, 3.05) is 12.0 Å². The molecule has 0 radical (unpaired) electrons. The first-order chi connectivity index (χ1) is 6.11. The fourth-order valence-corrected chi connectivity index (χ4v) is 1.32. The Morgan fingerprint density at radius 2 is 2.23 bits per heavy atom. The van der Waals surface area contributed by atoms with Crippen molar-refractivity contribution in [1.29, 1.82) is 0 Å². The molecule has 13 heavy (non-hydrogen) atoms. The Bertz CT molecular complexity index is 153. The third-order valence-corrected chi connectivity index (χ3v) is 2.61. The lowest BCUT2D eigenvalue weighted by Gasteiger charge is -2.15. The van der Waals surface area contributed by atoms with Crippen molar-refractivity contribution in [1.82, 2.24) is 5.32 Å². The van der Waals surface area contributed by atoms with Gasteiger partial charge in [-0.1, -0.05) is 6.92 Å². The van der Waals surface area contributed by atoms with E-state index in [-0.39, 0.29) is 18.0 Å². The first-order valence-electron chi connectivity index (χ1n) is 4.66. The highest BCUT2D eigenvalue weighted by Gasteiger charge is 2.13. The van der Waals surface area contributed by atoms with Gasteiger partial charge < -0.3 is 11.1 Å². The topological polar surface area (TPSA) is 55.1 Å². The minimum Gasteiger partial charge on any atom is -0.352 e. The molecular weight excluding hydrogens is 184 g/mol. The van der Waals surface area contributed by atoms with Crippen LogP contribution in [0.15, 0.2) is 0 Å². The molecule has 0 heterocycles. The molecule has 0 rings (SSSR count). The fourth-order valence-electron chi connectivity index (χ4n) is 0.828. The molecule has 3 nitrogen and oxygen atoms in total. The van der Waals surface area contributed by atoms with Crippen LogP contribution in [0.4, 0.5) is 0 Å². The monoisotopic (exact) mass is 204 g/mol. The Kier molecular flexibility index (Phi) is 7.09. The lowest BCUT2D eigenvalue weighted by atomic mass is 10.2. The molecule has 0 aromatic carbocycles. The van der Waals surface area contributed by atoms with Crippen molar-refractivity contribution in [2.24, 2.45) is 5.73 Å². The SMILES string of the molecule is CCC(C)NC(=O)[C@@H](N)CCSC. The summed E-state index contributed by atoms with van der Waals surface area (Å²) in [5.41, 5.74) is 5.68. The third-order valence-electron chi connectivity index (χ3n) is 1.97. The molecule has 1 unspecified atom stereocenters. The van der Waals surface area contributed by atoms with Gasteiger partial charge in [-0.2, -0.15) is 11.8 Å². The maximum Gasteiger partial charge on any atom is 0.237 e. The molecule has 0 fully saturated rings. The Morgan fingerprint density at radius 1 is 1.62 bits per heavy atom. The van der Waals surface area contributed by atoms with Crippen LogP contribution < -0.4 is 11.1 Å². The van der Waals surface area contributed by atoms with Crippen LogP contribution in [-0.2, 0) is 4.79 Å². The summed E-state index contributed by atoms with van der Waals surface area (Å²) in [5.74, 6) is 0.915. The van der Waals surface area contributed by atoms with Crippen molar-refractivity contribution in [2.45, 2.75) is 38.8 Å². The smallest absolute Gasteiger partial charge is 0.237 e. The molecule has 0 aromatic rings. The zero-order valence-corrected chi connectivity index (χ0v) is 9.49. The number of thioether (sulfide) groups is 1. The van der Waals surface area contributed by atoms with E-state index in [2.05, 4.69) is 5.32 Å². The van der Waals surface area contributed by atoms with E-state index in [0.29, 0.717) is 0 Å². The third kappa shape index (κ3) is 5.93. The average Bonchev–Trinajstić information content (AvgIpc) is 2.13. The quantitative estimate of drug-likeness (QED) is 0.678. The predicted molar refractivity (Wildman–Crippen MR) is 58.9 cm³/mol. The Balaban J connectivity index is 3.68. The van der Waals surface area contributed by atoms with Gasteiger partial charge in [-0.3, -0.25) is 4.79 Å². The molecule has 3 N–H and O–H groups in total. The van der Waals surface area contributed by atoms with Crippen LogP contribution in [0.1, 0.15) is 26.7 Å². The summed E-state index contributed by atoms with van der Waals surface area (Å²) < 4.78 is 0. The normalized spacial score (nSPS) is 15.1. The van der Waals surface area contributed by atoms with Gasteiger partial charge in [0.25, 0.3) is 0 Å². The molecule has 4 heteroatoms. The van der Waals surface area contributed by atoms with Crippen molar-refractivity contribution < 1.29 is 4.79 Å². The number of hydrogen-bond donors (Lipinski definition) is 2. The minimum atomic E-state index is -0.346. The van der Waals surface area contributed by atoms with E-state index in [1.807, 2.05) is 20.1 Å².